The Morgan fingerprint density at radius 2 is 1.52 bits per heavy atom. The predicted molar refractivity (Wildman–Crippen MR) is 131 cm³/mol. The summed E-state index contributed by atoms with van der Waals surface area (Å²) in [5.74, 6) is -0.838. The summed E-state index contributed by atoms with van der Waals surface area (Å²) in [6.07, 6.45) is 0. The number of nitrogens with zero attached hydrogens (tertiary/aromatic N) is 3. The van der Waals surface area contributed by atoms with Gasteiger partial charge in [-0.15, -0.1) is 0 Å². The van der Waals surface area contributed by atoms with Crippen molar-refractivity contribution >= 4 is 34.4 Å². The summed E-state index contributed by atoms with van der Waals surface area (Å²) < 4.78 is 0. The van der Waals surface area contributed by atoms with Crippen molar-refractivity contribution in [1.29, 1.82) is 5.26 Å². The second-order valence-electron chi connectivity index (χ2n) is 8.22. The van der Waals surface area contributed by atoms with Gasteiger partial charge in [0.15, 0.2) is 0 Å². The summed E-state index contributed by atoms with van der Waals surface area (Å²) in [5, 5.41) is 12.3. The number of carbonyl (C=O) groups is 2. The molecular formula is C27H24N4O2. The summed E-state index contributed by atoms with van der Waals surface area (Å²) >= 11 is 0. The number of nitrogens with one attached hydrogen (secondary N) is 1. The number of carbonyl (C=O) groups excluding carboxylic acids is 2. The number of rotatable bonds is 5. The van der Waals surface area contributed by atoms with Gasteiger partial charge >= 0.3 is 0 Å². The van der Waals surface area contributed by atoms with Gasteiger partial charge in [-0.25, -0.2) is 4.90 Å². The van der Waals surface area contributed by atoms with E-state index in [9.17, 15) is 9.59 Å². The van der Waals surface area contributed by atoms with Crippen LogP contribution in [0.15, 0.2) is 72.4 Å². The first-order valence-corrected chi connectivity index (χ1v) is 10.6. The lowest BCUT2D eigenvalue weighted by atomic mass is 9.99. The van der Waals surface area contributed by atoms with Gasteiger partial charge in [0.1, 0.15) is 5.70 Å². The zero-order chi connectivity index (χ0) is 23.7. The third-order valence-electron chi connectivity index (χ3n) is 5.79. The minimum Gasteiger partial charge on any atom is -0.378 e. The normalized spacial score (nSPS) is 13.4. The van der Waals surface area contributed by atoms with Crippen LogP contribution in [-0.2, 0) is 9.59 Å². The Morgan fingerprint density at radius 1 is 0.848 bits per heavy atom. The van der Waals surface area contributed by atoms with Gasteiger partial charge in [-0.2, -0.15) is 5.26 Å². The van der Waals surface area contributed by atoms with Crippen LogP contribution in [-0.4, -0.2) is 25.9 Å². The maximum atomic E-state index is 13.5. The standard InChI is InChI=1S/C27H24N4O2/c1-17-5-8-20(15-18(17)2)24-25(29-21-9-13-22(14-10-21)30(3)4)27(33)31(26(24)32)23-11-6-19(16-28)7-12-23/h5-15,29H,1-4H3. The predicted octanol–water partition coefficient (Wildman–Crippen LogP) is 4.64. The number of hydrogen-bond donors (Lipinski definition) is 1. The maximum absolute atomic E-state index is 13.5. The van der Waals surface area contributed by atoms with Crippen LogP contribution in [0.2, 0.25) is 0 Å². The van der Waals surface area contributed by atoms with E-state index in [2.05, 4.69) is 11.4 Å². The summed E-state index contributed by atoms with van der Waals surface area (Å²) in [6.45, 7) is 3.98. The van der Waals surface area contributed by atoms with Gasteiger partial charge in [0, 0.05) is 25.5 Å². The van der Waals surface area contributed by atoms with Crippen LogP contribution in [0.4, 0.5) is 17.1 Å². The Kier molecular flexibility index (Phi) is 5.72. The Balaban J connectivity index is 1.79. The lowest BCUT2D eigenvalue weighted by Crippen LogP contribution is -2.32. The molecule has 0 unspecified atom stereocenters. The van der Waals surface area contributed by atoms with Crippen LogP contribution in [0, 0.1) is 25.2 Å². The van der Waals surface area contributed by atoms with Gasteiger partial charge in [0.2, 0.25) is 0 Å². The van der Waals surface area contributed by atoms with E-state index >= 15 is 0 Å². The van der Waals surface area contributed by atoms with Gasteiger partial charge in [0.05, 0.1) is 22.9 Å². The third-order valence-corrected chi connectivity index (χ3v) is 5.79. The number of aryl methyl sites for hydroxylation is 2. The molecule has 1 N–H and O–H groups in total. The second-order valence-corrected chi connectivity index (χ2v) is 8.22. The van der Waals surface area contributed by atoms with Gasteiger partial charge in [0.25, 0.3) is 11.8 Å². The highest BCUT2D eigenvalue weighted by Gasteiger charge is 2.40. The molecule has 0 aromatic heterocycles. The van der Waals surface area contributed by atoms with Crippen molar-refractivity contribution in [3.63, 3.8) is 0 Å². The van der Waals surface area contributed by atoms with Gasteiger partial charge in [-0.1, -0.05) is 18.2 Å². The van der Waals surface area contributed by atoms with Crippen molar-refractivity contribution in [3.05, 3.63) is 94.7 Å². The van der Waals surface area contributed by atoms with E-state index in [1.807, 2.05) is 75.3 Å². The van der Waals surface area contributed by atoms with E-state index < -0.39 is 11.8 Å². The third kappa shape index (κ3) is 4.09. The zero-order valence-corrected chi connectivity index (χ0v) is 19.0. The molecule has 0 spiro atoms. The van der Waals surface area contributed by atoms with Crippen molar-refractivity contribution in [2.24, 2.45) is 0 Å². The van der Waals surface area contributed by atoms with E-state index in [1.54, 1.807) is 24.3 Å². The molecule has 6 heteroatoms. The van der Waals surface area contributed by atoms with Crippen molar-refractivity contribution in [2.75, 3.05) is 29.2 Å². The van der Waals surface area contributed by atoms with Gasteiger partial charge < -0.3 is 10.2 Å². The zero-order valence-electron chi connectivity index (χ0n) is 19.0. The van der Waals surface area contributed by atoms with Crippen LogP contribution < -0.4 is 15.1 Å². The van der Waals surface area contributed by atoms with Crippen molar-refractivity contribution in [3.8, 4) is 6.07 Å². The Morgan fingerprint density at radius 3 is 2.09 bits per heavy atom. The first kappa shape index (κ1) is 21.8. The fourth-order valence-corrected chi connectivity index (χ4v) is 3.72. The topological polar surface area (TPSA) is 76.4 Å². The van der Waals surface area contributed by atoms with E-state index in [0.717, 1.165) is 21.7 Å². The van der Waals surface area contributed by atoms with Crippen LogP contribution in [0.1, 0.15) is 22.3 Å². The largest absolute Gasteiger partial charge is 0.378 e. The fourth-order valence-electron chi connectivity index (χ4n) is 3.72. The summed E-state index contributed by atoms with van der Waals surface area (Å²) in [4.78, 5) is 30.2. The number of nitriles is 1. The summed E-state index contributed by atoms with van der Waals surface area (Å²) in [7, 11) is 3.91. The molecule has 3 aromatic carbocycles. The first-order chi connectivity index (χ1) is 15.8. The van der Waals surface area contributed by atoms with E-state index in [1.165, 1.54) is 0 Å². The smallest absolute Gasteiger partial charge is 0.282 e. The van der Waals surface area contributed by atoms with E-state index in [-0.39, 0.29) is 5.70 Å². The van der Waals surface area contributed by atoms with Crippen LogP contribution >= 0.6 is 0 Å². The molecule has 164 valence electrons. The molecule has 1 heterocycles. The SMILES string of the molecule is Cc1ccc(C2=C(Nc3ccc(N(C)C)cc3)C(=O)N(c3ccc(C#N)cc3)C2=O)cc1C. The molecule has 1 aliphatic heterocycles. The number of anilines is 3. The first-order valence-electron chi connectivity index (χ1n) is 10.6. The summed E-state index contributed by atoms with van der Waals surface area (Å²) in [5.41, 5.74) is 5.98. The summed E-state index contributed by atoms with van der Waals surface area (Å²) in [6, 6.07) is 21.8. The number of hydrogen-bond acceptors (Lipinski definition) is 5. The minimum atomic E-state index is -0.436. The maximum Gasteiger partial charge on any atom is 0.282 e. The molecule has 2 amide bonds. The molecule has 0 bridgehead atoms. The number of imide groups is 1. The Hall–Kier alpha value is -4.37. The van der Waals surface area contributed by atoms with Crippen molar-refractivity contribution in [2.45, 2.75) is 13.8 Å². The molecule has 0 saturated carbocycles. The van der Waals surface area contributed by atoms with Crippen LogP contribution in [0.25, 0.3) is 5.57 Å². The van der Waals surface area contributed by atoms with Gasteiger partial charge in [-0.05, 0) is 79.1 Å². The average Bonchev–Trinajstić information content (AvgIpc) is 3.05. The van der Waals surface area contributed by atoms with Crippen LogP contribution in [0.3, 0.4) is 0 Å². The molecular weight excluding hydrogens is 412 g/mol. The highest BCUT2D eigenvalue weighted by Crippen LogP contribution is 2.34. The van der Waals surface area contributed by atoms with Crippen LogP contribution in [0.5, 0.6) is 0 Å². The fraction of sp³-hybridized carbons (Fsp3) is 0.148. The molecule has 1 aliphatic rings. The second kappa shape index (κ2) is 8.64. The lowest BCUT2D eigenvalue weighted by Gasteiger charge is -2.16. The molecule has 6 nitrogen and oxygen atoms in total. The Labute approximate surface area is 193 Å². The molecule has 0 aliphatic carbocycles. The van der Waals surface area contributed by atoms with Gasteiger partial charge in [-0.3, -0.25) is 9.59 Å². The highest BCUT2D eigenvalue weighted by atomic mass is 16.2. The molecule has 0 atom stereocenters. The van der Waals surface area contributed by atoms with E-state index in [4.69, 9.17) is 5.26 Å². The quantitative estimate of drug-likeness (QED) is 0.590. The molecule has 33 heavy (non-hydrogen) atoms. The highest BCUT2D eigenvalue weighted by molar-refractivity contribution is 6.46. The van der Waals surface area contributed by atoms with Crippen molar-refractivity contribution in [1.82, 2.24) is 0 Å². The van der Waals surface area contributed by atoms with E-state index in [0.29, 0.717) is 28.1 Å². The Bertz CT molecular complexity index is 1310. The molecule has 3 aromatic rings. The number of benzene rings is 3. The minimum absolute atomic E-state index is 0.227. The molecule has 4 rings (SSSR count). The molecule has 0 radical (unpaired) electrons. The molecule has 0 saturated heterocycles. The monoisotopic (exact) mass is 436 g/mol. The number of amides is 2. The lowest BCUT2D eigenvalue weighted by molar-refractivity contribution is -0.120. The molecule has 0 fully saturated rings. The average molecular weight is 437 g/mol. The van der Waals surface area contributed by atoms with Crippen molar-refractivity contribution < 1.29 is 9.59 Å².